The topological polar surface area (TPSA) is 50.1 Å². The van der Waals surface area contributed by atoms with Gasteiger partial charge >= 0.3 is 0 Å². The van der Waals surface area contributed by atoms with Crippen molar-refractivity contribution in [2.45, 2.75) is 26.7 Å². The molecule has 0 heterocycles. The van der Waals surface area contributed by atoms with Crippen LogP contribution < -0.4 is 4.74 Å². The lowest BCUT2D eigenvalue weighted by atomic mass is 10.2. The van der Waals surface area contributed by atoms with E-state index in [-0.39, 0.29) is 0 Å². The molecule has 0 amide bonds. The van der Waals surface area contributed by atoms with E-state index < -0.39 is 10.8 Å². The number of nitriles is 1. The zero-order valence-corrected chi connectivity index (χ0v) is 12.4. The van der Waals surface area contributed by atoms with Crippen LogP contribution in [0.15, 0.2) is 24.3 Å². The Morgan fingerprint density at radius 2 is 1.95 bits per heavy atom. The number of nitrogens with zero attached hydrogens (tertiary/aromatic N) is 1. The normalized spacial score (nSPS) is 12.1. The van der Waals surface area contributed by atoms with E-state index in [0.29, 0.717) is 23.8 Å². The van der Waals surface area contributed by atoms with E-state index in [9.17, 15) is 4.21 Å². The van der Waals surface area contributed by atoms with Gasteiger partial charge in [-0.05, 0) is 43.0 Å². The zero-order valence-electron chi connectivity index (χ0n) is 11.6. The van der Waals surface area contributed by atoms with Crippen molar-refractivity contribution < 1.29 is 8.95 Å². The monoisotopic (exact) mass is 279 g/mol. The van der Waals surface area contributed by atoms with Gasteiger partial charge in [-0.2, -0.15) is 5.26 Å². The van der Waals surface area contributed by atoms with Crippen molar-refractivity contribution in [2.24, 2.45) is 5.92 Å². The molecule has 1 atom stereocenters. The highest BCUT2D eigenvalue weighted by Gasteiger charge is 2.02. The first kappa shape index (κ1) is 15.7. The Kier molecular flexibility index (Phi) is 7.20. The lowest BCUT2D eigenvalue weighted by molar-refractivity contribution is 0.318. The highest BCUT2D eigenvalue weighted by Crippen LogP contribution is 2.11. The predicted molar refractivity (Wildman–Crippen MR) is 78.6 cm³/mol. The number of rotatable bonds is 8. The van der Waals surface area contributed by atoms with Crippen molar-refractivity contribution in [1.29, 1.82) is 5.26 Å². The van der Waals surface area contributed by atoms with Crippen molar-refractivity contribution in [3.63, 3.8) is 0 Å². The van der Waals surface area contributed by atoms with Crippen LogP contribution >= 0.6 is 0 Å². The molecular weight excluding hydrogens is 258 g/mol. The molecule has 0 spiro atoms. The van der Waals surface area contributed by atoms with Crippen molar-refractivity contribution in [3.8, 4) is 11.8 Å². The first-order valence-electron chi connectivity index (χ1n) is 6.59. The minimum Gasteiger partial charge on any atom is -0.494 e. The largest absolute Gasteiger partial charge is 0.494 e. The van der Waals surface area contributed by atoms with Crippen molar-refractivity contribution in [1.82, 2.24) is 0 Å². The second kappa shape index (κ2) is 8.71. The van der Waals surface area contributed by atoms with Crippen molar-refractivity contribution in [2.75, 3.05) is 18.1 Å². The van der Waals surface area contributed by atoms with Gasteiger partial charge in [0, 0.05) is 22.3 Å². The molecule has 0 bridgehead atoms. The van der Waals surface area contributed by atoms with Crippen molar-refractivity contribution >= 4 is 10.8 Å². The Labute approximate surface area is 118 Å². The second-order valence-electron chi connectivity index (χ2n) is 4.87. The molecule has 0 radical (unpaired) electrons. The molecule has 1 unspecified atom stereocenters. The molecule has 0 aliphatic carbocycles. The summed E-state index contributed by atoms with van der Waals surface area (Å²) in [4.78, 5) is 0. The molecule has 4 heteroatoms. The predicted octanol–water partition coefficient (Wildman–Crippen LogP) is 3.12. The summed E-state index contributed by atoms with van der Waals surface area (Å²) in [5.41, 5.74) is 0.627. The lowest BCUT2D eigenvalue weighted by Gasteiger charge is -2.07. The maximum absolute atomic E-state index is 11.7. The first-order chi connectivity index (χ1) is 9.11. The van der Waals surface area contributed by atoms with E-state index in [4.69, 9.17) is 10.00 Å². The van der Waals surface area contributed by atoms with Gasteiger partial charge in [-0.15, -0.1) is 0 Å². The van der Waals surface area contributed by atoms with Crippen molar-refractivity contribution in [3.05, 3.63) is 29.8 Å². The van der Waals surface area contributed by atoms with E-state index in [2.05, 4.69) is 19.9 Å². The summed E-state index contributed by atoms with van der Waals surface area (Å²) in [6.07, 6.45) is 1.81. The van der Waals surface area contributed by atoms with Crippen LogP contribution in [0.5, 0.6) is 5.75 Å². The van der Waals surface area contributed by atoms with E-state index in [0.717, 1.165) is 24.3 Å². The standard InChI is InChI=1S/C15H21NO2S/c1-13(2)8-11-19(17)10-3-9-18-15-6-4-14(12-16)5-7-15/h4-7,13H,3,8-11H2,1-2H3. The second-order valence-corrected chi connectivity index (χ2v) is 6.56. The van der Waals surface area contributed by atoms with E-state index in [1.807, 2.05) is 0 Å². The molecule has 0 N–H and O–H groups in total. The van der Waals surface area contributed by atoms with E-state index in [1.165, 1.54) is 0 Å². The molecule has 0 aliphatic rings. The van der Waals surface area contributed by atoms with Crippen LogP contribution in [-0.4, -0.2) is 22.3 Å². The quantitative estimate of drug-likeness (QED) is 0.687. The van der Waals surface area contributed by atoms with Gasteiger partial charge in [0.1, 0.15) is 5.75 Å². The van der Waals surface area contributed by atoms with Gasteiger partial charge in [-0.3, -0.25) is 4.21 Å². The number of hydrogen-bond donors (Lipinski definition) is 0. The Morgan fingerprint density at radius 1 is 1.26 bits per heavy atom. The Morgan fingerprint density at radius 3 is 2.53 bits per heavy atom. The molecule has 1 aromatic rings. The van der Waals surface area contributed by atoms with Gasteiger partial charge in [0.05, 0.1) is 18.2 Å². The van der Waals surface area contributed by atoms with Crippen LogP contribution in [0.2, 0.25) is 0 Å². The summed E-state index contributed by atoms with van der Waals surface area (Å²) in [7, 11) is -0.727. The van der Waals surface area contributed by atoms with Gasteiger partial charge in [0.2, 0.25) is 0 Å². The molecule has 19 heavy (non-hydrogen) atoms. The fourth-order valence-electron chi connectivity index (χ4n) is 1.50. The average molecular weight is 279 g/mol. The van der Waals surface area contributed by atoms with Gasteiger partial charge in [0.15, 0.2) is 0 Å². The van der Waals surface area contributed by atoms with Crippen LogP contribution in [0.3, 0.4) is 0 Å². The summed E-state index contributed by atoms with van der Waals surface area (Å²) < 4.78 is 17.2. The number of benzene rings is 1. The molecule has 1 aromatic carbocycles. The highest BCUT2D eigenvalue weighted by atomic mass is 32.2. The summed E-state index contributed by atoms with van der Waals surface area (Å²) >= 11 is 0. The van der Waals surface area contributed by atoms with Gasteiger partial charge in [0.25, 0.3) is 0 Å². The summed E-state index contributed by atoms with van der Waals surface area (Å²) in [5, 5.41) is 8.67. The zero-order chi connectivity index (χ0) is 14.1. The Balaban J connectivity index is 2.16. The van der Waals surface area contributed by atoms with Crippen LogP contribution in [0.4, 0.5) is 0 Å². The van der Waals surface area contributed by atoms with E-state index >= 15 is 0 Å². The molecule has 0 aliphatic heterocycles. The Bertz CT molecular complexity index is 434. The third-order valence-corrected chi connectivity index (χ3v) is 4.13. The van der Waals surface area contributed by atoms with Crippen LogP contribution in [0.25, 0.3) is 0 Å². The third kappa shape index (κ3) is 6.97. The molecule has 0 aromatic heterocycles. The first-order valence-corrected chi connectivity index (χ1v) is 8.08. The summed E-state index contributed by atoms with van der Waals surface area (Å²) in [6.45, 7) is 4.86. The smallest absolute Gasteiger partial charge is 0.119 e. The number of ether oxygens (including phenoxy) is 1. The molecule has 0 saturated heterocycles. The minimum atomic E-state index is -0.727. The lowest BCUT2D eigenvalue weighted by Crippen LogP contribution is -2.08. The molecule has 3 nitrogen and oxygen atoms in total. The molecule has 0 saturated carbocycles. The fraction of sp³-hybridized carbons (Fsp3) is 0.533. The van der Waals surface area contributed by atoms with Crippen LogP contribution in [-0.2, 0) is 10.8 Å². The fourth-order valence-corrected chi connectivity index (χ4v) is 2.88. The van der Waals surface area contributed by atoms with Gasteiger partial charge in [-0.1, -0.05) is 13.8 Å². The maximum atomic E-state index is 11.7. The van der Waals surface area contributed by atoms with Gasteiger partial charge in [-0.25, -0.2) is 0 Å². The SMILES string of the molecule is CC(C)CCS(=O)CCCOc1ccc(C#N)cc1. The maximum Gasteiger partial charge on any atom is 0.119 e. The molecule has 104 valence electrons. The summed E-state index contributed by atoms with van der Waals surface area (Å²) in [6, 6.07) is 9.10. The molecule has 1 rings (SSSR count). The van der Waals surface area contributed by atoms with E-state index in [1.54, 1.807) is 24.3 Å². The molecular formula is C15H21NO2S. The average Bonchev–Trinajstić information content (AvgIpc) is 2.42. The summed E-state index contributed by atoms with van der Waals surface area (Å²) in [5.74, 6) is 2.85. The highest BCUT2D eigenvalue weighted by molar-refractivity contribution is 7.84. The van der Waals surface area contributed by atoms with Crippen LogP contribution in [0.1, 0.15) is 32.3 Å². The minimum absolute atomic E-state index is 0.569. The van der Waals surface area contributed by atoms with Gasteiger partial charge < -0.3 is 4.74 Å². The molecule has 0 fully saturated rings. The number of hydrogen-bond acceptors (Lipinski definition) is 3. The Hall–Kier alpha value is -1.34. The van der Waals surface area contributed by atoms with Crippen LogP contribution in [0, 0.1) is 17.2 Å². The third-order valence-electron chi connectivity index (χ3n) is 2.69.